The van der Waals surface area contributed by atoms with Gasteiger partial charge in [0.25, 0.3) is 5.91 Å². The number of aromatic nitrogens is 2. The van der Waals surface area contributed by atoms with Crippen LogP contribution in [-0.4, -0.2) is 47.0 Å². The number of hydrogen-bond acceptors (Lipinski definition) is 4. The molecule has 6 heteroatoms. The summed E-state index contributed by atoms with van der Waals surface area (Å²) in [4.78, 5) is 26.7. The molecule has 0 N–H and O–H groups in total. The first-order valence-corrected chi connectivity index (χ1v) is 10.7. The van der Waals surface area contributed by atoms with Crippen molar-refractivity contribution in [2.75, 3.05) is 31.1 Å². The summed E-state index contributed by atoms with van der Waals surface area (Å²) in [5.74, 6) is 0.0117. The standard InChI is InChI=1S/C25H21ClN4O/c26-19-6-7-23-21(16-19)22(17-24(28-23)18-8-10-27-11-9-18)25(31)30-14-12-29(13-15-30)20-4-2-1-3-5-20/h1-11,16-17H,12-15H2. The molecule has 1 amide bonds. The van der Waals surface area contributed by atoms with Crippen LogP contribution >= 0.6 is 11.6 Å². The minimum Gasteiger partial charge on any atom is -0.368 e. The van der Waals surface area contributed by atoms with Crippen molar-refractivity contribution < 1.29 is 4.79 Å². The van der Waals surface area contributed by atoms with Crippen LogP contribution in [0.1, 0.15) is 10.4 Å². The van der Waals surface area contributed by atoms with Gasteiger partial charge in [0.2, 0.25) is 0 Å². The number of fused-ring (bicyclic) bond motifs is 1. The van der Waals surface area contributed by atoms with Crippen molar-refractivity contribution >= 4 is 34.1 Å². The number of amides is 1. The van der Waals surface area contributed by atoms with Gasteiger partial charge in [-0.2, -0.15) is 0 Å². The maximum absolute atomic E-state index is 13.6. The summed E-state index contributed by atoms with van der Waals surface area (Å²) in [6.45, 7) is 2.94. The van der Waals surface area contributed by atoms with Gasteiger partial charge in [-0.1, -0.05) is 29.8 Å². The molecule has 154 valence electrons. The third-order valence-electron chi connectivity index (χ3n) is 5.67. The third-order valence-corrected chi connectivity index (χ3v) is 5.90. The van der Waals surface area contributed by atoms with Gasteiger partial charge in [-0.25, -0.2) is 4.98 Å². The largest absolute Gasteiger partial charge is 0.368 e. The van der Waals surface area contributed by atoms with Crippen LogP contribution in [-0.2, 0) is 0 Å². The van der Waals surface area contributed by atoms with Crippen molar-refractivity contribution in [2.45, 2.75) is 0 Å². The van der Waals surface area contributed by atoms with Crippen molar-refractivity contribution in [1.29, 1.82) is 0 Å². The summed E-state index contributed by atoms with van der Waals surface area (Å²) in [6.07, 6.45) is 3.46. The maximum atomic E-state index is 13.6. The van der Waals surface area contributed by atoms with Crippen LogP contribution in [0.5, 0.6) is 0 Å². The molecule has 31 heavy (non-hydrogen) atoms. The number of rotatable bonds is 3. The molecule has 4 aromatic rings. The van der Waals surface area contributed by atoms with Gasteiger partial charge in [-0.3, -0.25) is 9.78 Å². The Morgan fingerprint density at radius 3 is 2.35 bits per heavy atom. The Labute approximate surface area is 185 Å². The molecule has 0 aliphatic carbocycles. The Morgan fingerprint density at radius 1 is 0.871 bits per heavy atom. The van der Waals surface area contributed by atoms with E-state index in [1.165, 1.54) is 5.69 Å². The Bertz CT molecular complexity index is 1220. The fourth-order valence-electron chi connectivity index (χ4n) is 4.02. The second-order valence-corrected chi connectivity index (χ2v) is 8.00. The molecule has 0 saturated carbocycles. The predicted octanol–water partition coefficient (Wildman–Crippen LogP) is 4.91. The molecular weight excluding hydrogens is 408 g/mol. The highest BCUT2D eigenvalue weighted by molar-refractivity contribution is 6.31. The van der Waals surface area contributed by atoms with Crippen molar-refractivity contribution in [3.63, 3.8) is 0 Å². The first kappa shape index (κ1) is 19.5. The number of benzene rings is 2. The topological polar surface area (TPSA) is 49.3 Å². The van der Waals surface area contributed by atoms with E-state index in [1.54, 1.807) is 18.5 Å². The van der Waals surface area contributed by atoms with E-state index in [2.05, 4.69) is 22.0 Å². The normalized spacial score (nSPS) is 14.1. The molecule has 1 aliphatic rings. The van der Waals surface area contributed by atoms with E-state index in [1.807, 2.05) is 53.4 Å². The lowest BCUT2D eigenvalue weighted by Crippen LogP contribution is -2.48. The zero-order valence-corrected chi connectivity index (χ0v) is 17.7. The Hall–Kier alpha value is -3.44. The molecule has 0 unspecified atom stereocenters. The van der Waals surface area contributed by atoms with E-state index in [4.69, 9.17) is 16.6 Å². The number of nitrogens with zero attached hydrogens (tertiary/aromatic N) is 4. The number of para-hydroxylation sites is 1. The van der Waals surface area contributed by atoms with E-state index in [-0.39, 0.29) is 5.91 Å². The number of carbonyl (C=O) groups excluding carboxylic acids is 1. The molecule has 0 bridgehead atoms. The van der Waals surface area contributed by atoms with Gasteiger partial charge in [0.1, 0.15) is 0 Å². The van der Waals surface area contributed by atoms with Crippen LogP contribution in [0.25, 0.3) is 22.2 Å². The highest BCUT2D eigenvalue weighted by atomic mass is 35.5. The number of halogens is 1. The van der Waals surface area contributed by atoms with E-state index < -0.39 is 0 Å². The highest BCUT2D eigenvalue weighted by Crippen LogP contribution is 2.28. The smallest absolute Gasteiger partial charge is 0.254 e. The predicted molar refractivity (Wildman–Crippen MR) is 125 cm³/mol. The third kappa shape index (κ3) is 3.97. The monoisotopic (exact) mass is 428 g/mol. The van der Waals surface area contributed by atoms with Crippen LogP contribution in [0.2, 0.25) is 5.02 Å². The molecule has 2 aromatic carbocycles. The molecule has 2 aromatic heterocycles. The zero-order chi connectivity index (χ0) is 21.2. The summed E-state index contributed by atoms with van der Waals surface area (Å²) in [7, 11) is 0. The number of piperazine rings is 1. The average Bonchev–Trinajstić information content (AvgIpc) is 2.84. The molecule has 1 fully saturated rings. The first-order chi connectivity index (χ1) is 15.2. The number of hydrogen-bond donors (Lipinski definition) is 0. The minimum atomic E-state index is 0.0117. The van der Waals surface area contributed by atoms with Gasteiger partial charge in [0, 0.05) is 60.2 Å². The minimum absolute atomic E-state index is 0.0117. The molecule has 1 aliphatic heterocycles. The Morgan fingerprint density at radius 2 is 1.61 bits per heavy atom. The summed E-state index contributed by atoms with van der Waals surface area (Å²) in [5.41, 5.74) is 4.26. The first-order valence-electron chi connectivity index (χ1n) is 10.3. The highest BCUT2D eigenvalue weighted by Gasteiger charge is 2.24. The van der Waals surface area contributed by atoms with Crippen molar-refractivity contribution in [3.8, 4) is 11.3 Å². The summed E-state index contributed by atoms with van der Waals surface area (Å²) >= 11 is 6.26. The van der Waals surface area contributed by atoms with Gasteiger partial charge >= 0.3 is 0 Å². The molecule has 0 spiro atoms. The molecule has 0 radical (unpaired) electrons. The summed E-state index contributed by atoms with van der Waals surface area (Å²) < 4.78 is 0. The zero-order valence-electron chi connectivity index (χ0n) is 16.9. The van der Waals surface area contributed by atoms with E-state index in [0.29, 0.717) is 23.7 Å². The summed E-state index contributed by atoms with van der Waals surface area (Å²) in [6, 6.07) is 21.5. The number of carbonyl (C=O) groups is 1. The van der Waals surface area contributed by atoms with Gasteiger partial charge in [-0.15, -0.1) is 0 Å². The quantitative estimate of drug-likeness (QED) is 0.465. The SMILES string of the molecule is O=C(c1cc(-c2ccncc2)nc2ccc(Cl)cc12)N1CCN(c2ccccc2)CC1. The van der Waals surface area contributed by atoms with Gasteiger partial charge in [0.15, 0.2) is 0 Å². The van der Waals surface area contributed by atoms with Crippen molar-refractivity contribution in [1.82, 2.24) is 14.9 Å². The van der Waals surface area contributed by atoms with Crippen molar-refractivity contribution in [3.05, 3.63) is 89.7 Å². The fraction of sp³-hybridized carbons (Fsp3) is 0.160. The maximum Gasteiger partial charge on any atom is 0.254 e. The second-order valence-electron chi connectivity index (χ2n) is 7.57. The number of pyridine rings is 2. The van der Waals surface area contributed by atoms with Gasteiger partial charge < -0.3 is 9.80 Å². The van der Waals surface area contributed by atoms with Crippen LogP contribution in [0.15, 0.2) is 79.1 Å². The lowest BCUT2D eigenvalue weighted by Gasteiger charge is -2.36. The number of anilines is 1. The van der Waals surface area contributed by atoms with Gasteiger partial charge in [-0.05, 0) is 48.5 Å². The summed E-state index contributed by atoms with van der Waals surface area (Å²) in [5, 5.41) is 1.37. The molecule has 3 heterocycles. The fourth-order valence-corrected chi connectivity index (χ4v) is 4.19. The molecular formula is C25H21ClN4O. The second kappa shape index (κ2) is 8.36. The van der Waals surface area contributed by atoms with E-state index in [0.717, 1.165) is 35.2 Å². The van der Waals surface area contributed by atoms with Crippen molar-refractivity contribution in [2.24, 2.45) is 0 Å². The Kier molecular flexibility index (Phi) is 5.26. The molecule has 1 saturated heterocycles. The Balaban J connectivity index is 1.47. The van der Waals surface area contributed by atoms with Gasteiger partial charge in [0.05, 0.1) is 16.8 Å². The lowest BCUT2D eigenvalue weighted by molar-refractivity contribution is 0.0748. The van der Waals surface area contributed by atoms with E-state index in [9.17, 15) is 4.79 Å². The lowest BCUT2D eigenvalue weighted by atomic mass is 10.0. The molecule has 5 nitrogen and oxygen atoms in total. The van der Waals surface area contributed by atoms with E-state index >= 15 is 0 Å². The van der Waals surface area contributed by atoms with Crippen LogP contribution in [0.3, 0.4) is 0 Å². The van der Waals surface area contributed by atoms with Crippen LogP contribution in [0, 0.1) is 0 Å². The molecule has 0 atom stereocenters. The van der Waals surface area contributed by atoms with Crippen LogP contribution in [0.4, 0.5) is 5.69 Å². The van der Waals surface area contributed by atoms with Crippen LogP contribution < -0.4 is 4.90 Å². The molecule has 5 rings (SSSR count). The average molecular weight is 429 g/mol.